The van der Waals surface area contributed by atoms with Crippen LogP contribution in [-0.4, -0.2) is 24.1 Å². The lowest BCUT2D eigenvalue weighted by atomic mass is 9.70. The first-order valence-electron chi connectivity index (χ1n) is 6.97. The molecule has 1 aromatic rings. The molecule has 1 aromatic carbocycles. The lowest BCUT2D eigenvalue weighted by molar-refractivity contribution is -0.159. The number of carbonyl (C=O) groups excluding carboxylic acids is 3. The van der Waals surface area contributed by atoms with E-state index in [1.807, 2.05) is 0 Å². The van der Waals surface area contributed by atoms with Gasteiger partial charge in [-0.1, -0.05) is 30.3 Å². The highest BCUT2D eigenvalue weighted by atomic mass is 16.5. The highest BCUT2D eigenvalue weighted by Gasteiger charge is 2.48. The van der Waals surface area contributed by atoms with Crippen molar-refractivity contribution in [1.82, 2.24) is 0 Å². The standard InChI is InChI=1S/C17H22O4/c1-6-21-15(20)17(4,5)14(19)16(2,3)13(18)12-10-8-7-9-11-12/h7-11H,6H2,1-5H3. The summed E-state index contributed by atoms with van der Waals surface area (Å²) in [5, 5.41) is 0. The minimum atomic E-state index is -1.36. The molecule has 0 amide bonds. The number of esters is 1. The maximum absolute atomic E-state index is 12.7. The zero-order valence-corrected chi connectivity index (χ0v) is 13.2. The van der Waals surface area contributed by atoms with Crippen LogP contribution in [0, 0.1) is 10.8 Å². The minimum absolute atomic E-state index is 0.197. The third-order valence-electron chi connectivity index (χ3n) is 3.52. The van der Waals surface area contributed by atoms with E-state index in [1.165, 1.54) is 13.8 Å². The number of hydrogen-bond acceptors (Lipinski definition) is 4. The van der Waals surface area contributed by atoms with Crippen LogP contribution in [0.4, 0.5) is 0 Å². The molecule has 0 aliphatic rings. The zero-order valence-electron chi connectivity index (χ0n) is 13.2. The summed E-state index contributed by atoms with van der Waals surface area (Å²) in [5.74, 6) is -1.35. The van der Waals surface area contributed by atoms with E-state index in [-0.39, 0.29) is 12.4 Å². The van der Waals surface area contributed by atoms with Crippen LogP contribution in [0.25, 0.3) is 0 Å². The highest BCUT2D eigenvalue weighted by Crippen LogP contribution is 2.33. The second-order valence-corrected chi connectivity index (χ2v) is 5.99. The van der Waals surface area contributed by atoms with Gasteiger partial charge in [-0.3, -0.25) is 14.4 Å². The Hall–Kier alpha value is -1.97. The molecule has 0 atom stereocenters. The number of Topliss-reactive ketones (excluding diaryl/α,β-unsaturated/α-hetero) is 2. The van der Waals surface area contributed by atoms with Gasteiger partial charge in [-0.05, 0) is 34.6 Å². The number of carbonyl (C=O) groups is 3. The Kier molecular flexibility index (Phi) is 5.05. The van der Waals surface area contributed by atoms with Gasteiger partial charge in [-0.2, -0.15) is 0 Å². The van der Waals surface area contributed by atoms with Gasteiger partial charge in [0.1, 0.15) is 5.41 Å². The van der Waals surface area contributed by atoms with Crippen molar-refractivity contribution in [1.29, 1.82) is 0 Å². The first-order chi connectivity index (χ1) is 9.65. The molecule has 114 valence electrons. The molecule has 0 spiro atoms. The van der Waals surface area contributed by atoms with Crippen molar-refractivity contribution < 1.29 is 19.1 Å². The van der Waals surface area contributed by atoms with Crippen molar-refractivity contribution in [2.45, 2.75) is 34.6 Å². The lowest BCUT2D eigenvalue weighted by Crippen LogP contribution is -2.46. The van der Waals surface area contributed by atoms with Crippen molar-refractivity contribution in [2.24, 2.45) is 10.8 Å². The normalized spacial score (nSPS) is 11.9. The molecule has 0 N–H and O–H groups in total. The highest BCUT2D eigenvalue weighted by molar-refractivity contribution is 6.19. The van der Waals surface area contributed by atoms with E-state index in [4.69, 9.17) is 4.74 Å². The van der Waals surface area contributed by atoms with Crippen LogP contribution in [0.3, 0.4) is 0 Å². The minimum Gasteiger partial charge on any atom is -0.465 e. The first-order valence-corrected chi connectivity index (χ1v) is 6.97. The average Bonchev–Trinajstić information content (AvgIpc) is 2.46. The van der Waals surface area contributed by atoms with Crippen LogP contribution in [-0.2, 0) is 14.3 Å². The molecule has 21 heavy (non-hydrogen) atoms. The fourth-order valence-corrected chi connectivity index (χ4v) is 2.24. The van der Waals surface area contributed by atoms with E-state index >= 15 is 0 Å². The van der Waals surface area contributed by atoms with Gasteiger partial charge < -0.3 is 4.74 Å². The van der Waals surface area contributed by atoms with Crippen molar-refractivity contribution in [3.8, 4) is 0 Å². The Labute approximate surface area is 125 Å². The van der Waals surface area contributed by atoms with Gasteiger partial charge in [-0.15, -0.1) is 0 Å². The molecule has 0 fully saturated rings. The molecule has 4 heteroatoms. The number of hydrogen-bond donors (Lipinski definition) is 0. The monoisotopic (exact) mass is 290 g/mol. The van der Waals surface area contributed by atoms with Crippen LogP contribution >= 0.6 is 0 Å². The van der Waals surface area contributed by atoms with E-state index < -0.39 is 22.6 Å². The van der Waals surface area contributed by atoms with E-state index in [2.05, 4.69) is 0 Å². The predicted octanol–water partition coefficient (Wildman–Crippen LogP) is 3.05. The maximum Gasteiger partial charge on any atom is 0.319 e. The van der Waals surface area contributed by atoms with Crippen LogP contribution in [0.15, 0.2) is 30.3 Å². The van der Waals surface area contributed by atoms with Gasteiger partial charge in [0.15, 0.2) is 11.6 Å². The lowest BCUT2D eigenvalue weighted by Gasteiger charge is -2.30. The van der Waals surface area contributed by atoms with Crippen molar-refractivity contribution in [3.63, 3.8) is 0 Å². The van der Waals surface area contributed by atoms with Crippen LogP contribution in [0.5, 0.6) is 0 Å². The van der Waals surface area contributed by atoms with Crippen LogP contribution in [0.2, 0.25) is 0 Å². The van der Waals surface area contributed by atoms with Gasteiger partial charge >= 0.3 is 5.97 Å². The van der Waals surface area contributed by atoms with Gasteiger partial charge in [0.05, 0.1) is 12.0 Å². The Bertz CT molecular complexity index is 541. The van der Waals surface area contributed by atoms with E-state index in [9.17, 15) is 14.4 Å². The van der Waals surface area contributed by atoms with Crippen LogP contribution < -0.4 is 0 Å². The van der Waals surface area contributed by atoms with E-state index in [0.29, 0.717) is 5.56 Å². The second kappa shape index (κ2) is 6.20. The summed E-state index contributed by atoms with van der Waals surface area (Å²) in [5.41, 5.74) is -2.20. The molecule has 0 aliphatic carbocycles. The quantitative estimate of drug-likeness (QED) is 0.459. The second-order valence-electron chi connectivity index (χ2n) is 5.99. The van der Waals surface area contributed by atoms with Crippen LogP contribution in [0.1, 0.15) is 45.0 Å². The molecule has 0 bridgehead atoms. The molecular weight excluding hydrogens is 268 g/mol. The summed E-state index contributed by atoms with van der Waals surface area (Å²) >= 11 is 0. The fraction of sp³-hybridized carbons (Fsp3) is 0.471. The summed E-state index contributed by atoms with van der Waals surface area (Å²) in [6.45, 7) is 7.96. The number of rotatable bonds is 6. The summed E-state index contributed by atoms with van der Waals surface area (Å²) in [6.07, 6.45) is 0. The smallest absolute Gasteiger partial charge is 0.319 e. The predicted molar refractivity (Wildman–Crippen MR) is 80.0 cm³/mol. The molecule has 4 nitrogen and oxygen atoms in total. The molecule has 0 aliphatic heterocycles. The van der Waals surface area contributed by atoms with Gasteiger partial charge in [0.2, 0.25) is 0 Å². The van der Waals surface area contributed by atoms with Gasteiger partial charge in [-0.25, -0.2) is 0 Å². The Morgan fingerprint density at radius 1 is 0.952 bits per heavy atom. The van der Waals surface area contributed by atoms with Crippen molar-refractivity contribution in [3.05, 3.63) is 35.9 Å². The van der Waals surface area contributed by atoms with E-state index in [0.717, 1.165) is 0 Å². The Balaban J connectivity index is 3.09. The van der Waals surface area contributed by atoms with Gasteiger partial charge in [0.25, 0.3) is 0 Å². The molecule has 0 heterocycles. The molecule has 0 saturated carbocycles. The first kappa shape index (κ1) is 17.1. The molecule has 0 saturated heterocycles. The van der Waals surface area contributed by atoms with Crippen molar-refractivity contribution in [2.75, 3.05) is 6.61 Å². The summed E-state index contributed by atoms with van der Waals surface area (Å²) < 4.78 is 4.94. The topological polar surface area (TPSA) is 60.4 Å². The Morgan fingerprint density at radius 3 is 1.95 bits per heavy atom. The van der Waals surface area contributed by atoms with E-state index in [1.54, 1.807) is 51.1 Å². The largest absolute Gasteiger partial charge is 0.465 e. The summed E-state index contributed by atoms with van der Waals surface area (Å²) in [7, 11) is 0. The van der Waals surface area contributed by atoms with Gasteiger partial charge in [0, 0.05) is 5.56 Å². The number of ketones is 2. The summed E-state index contributed by atoms with van der Waals surface area (Å²) in [6, 6.07) is 8.60. The number of benzene rings is 1. The molecule has 0 aromatic heterocycles. The zero-order chi connectivity index (χ0) is 16.3. The number of ether oxygens (including phenoxy) is 1. The Morgan fingerprint density at radius 2 is 1.48 bits per heavy atom. The molecule has 0 radical (unpaired) electrons. The average molecular weight is 290 g/mol. The fourth-order valence-electron chi connectivity index (χ4n) is 2.24. The molecule has 0 unspecified atom stereocenters. The third kappa shape index (κ3) is 3.38. The summed E-state index contributed by atoms with van der Waals surface area (Å²) in [4.78, 5) is 37.2. The molecule has 1 rings (SSSR count). The SMILES string of the molecule is CCOC(=O)C(C)(C)C(=O)C(C)(C)C(=O)c1ccccc1. The van der Waals surface area contributed by atoms with Crippen molar-refractivity contribution >= 4 is 17.5 Å². The maximum atomic E-state index is 12.7. The molecular formula is C17H22O4. The third-order valence-corrected chi connectivity index (χ3v) is 3.52.